The highest BCUT2D eigenvalue weighted by Gasteiger charge is 2.21. The number of rotatable bonds is 4. The van der Waals surface area contributed by atoms with Gasteiger partial charge in [-0.3, -0.25) is 0 Å². The van der Waals surface area contributed by atoms with Crippen molar-refractivity contribution in [1.82, 2.24) is 0 Å². The van der Waals surface area contributed by atoms with E-state index in [4.69, 9.17) is 0 Å². The van der Waals surface area contributed by atoms with Crippen LogP contribution in [0.3, 0.4) is 0 Å². The molecule has 1 aliphatic carbocycles. The van der Waals surface area contributed by atoms with Gasteiger partial charge >= 0.3 is 0 Å². The molecule has 4 rings (SSSR count). The van der Waals surface area contributed by atoms with Crippen molar-refractivity contribution in [3.63, 3.8) is 0 Å². The van der Waals surface area contributed by atoms with Gasteiger partial charge in [0.25, 0.3) is 0 Å². The van der Waals surface area contributed by atoms with Crippen LogP contribution in [0.4, 0.5) is 4.39 Å². The second kappa shape index (κ2) is 9.31. The Morgan fingerprint density at radius 1 is 0.967 bits per heavy atom. The second-order valence-corrected chi connectivity index (χ2v) is 8.45. The molecular formula is C29H29F. The molecule has 0 nitrogen and oxygen atoms in total. The smallest absolute Gasteiger partial charge is 0.146 e. The zero-order valence-corrected chi connectivity index (χ0v) is 17.8. The van der Waals surface area contributed by atoms with Crippen LogP contribution in [0.1, 0.15) is 67.2 Å². The fraction of sp³-hybridized carbons (Fsp3) is 0.310. The number of hydrogen-bond donors (Lipinski definition) is 0. The molecule has 0 radical (unpaired) electrons. The minimum atomic E-state index is -0.226. The van der Waals surface area contributed by atoms with E-state index in [0.717, 1.165) is 29.7 Å². The van der Waals surface area contributed by atoms with Crippen LogP contribution in [0.15, 0.2) is 67.3 Å². The van der Waals surface area contributed by atoms with Gasteiger partial charge in [-0.15, -0.1) is 6.58 Å². The van der Waals surface area contributed by atoms with E-state index >= 15 is 0 Å². The molecule has 1 fully saturated rings. The van der Waals surface area contributed by atoms with Crippen LogP contribution in [0.25, 0.3) is 10.8 Å². The third-order valence-corrected chi connectivity index (χ3v) is 6.50. The summed E-state index contributed by atoms with van der Waals surface area (Å²) in [5.41, 5.74) is 4.01. The second-order valence-electron chi connectivity index (χ2n) is 8.45. The van der Waals surface area contributed by atoms with Crippen molar-refractivity contribution in [2.75, 3.05) is 0 Å². The molecule has 0 amide bonds. The topological polar surface area (TPSA) is 0 Å². The third kappa shape index (κ3) is 4.49. The van der Waals surface area contributed by atoms with Gasteiger partial charge in [0.1, 0.15) is 5.82 Å². The molecule has 3 aromatic rings. The van der Waals surface area contributed by atoms with Crippen molar-refractivity contribution in [2.24, 2.45) is 5.92 Å². The molecule has 1 saturated carbocycles. The van der Waals surface area contributed by atoms with Gasteiger partial charge in [0.05, 0.1) is 5.56 Å². The first-order chi connectivity index (χ1) is 14.7. The number of allylic oxidation sites excluding steroid dienone is 1. The molecule has 0 N–H and O–H groups in total. The average Bonchev–Trinajstić information content (AvgIpc) is 2.79. The minimum absolute atomic E-state index is 0.226. The van der Waals surface area contributed by atoms with Gasteiger partial charge in [-0.05, 0) is 85.1 Å². The number of hydrogen-bond acceptors (Lipinski definition) is 0. The first kappa shape index (κ1) is 20.4. The van der Waals surface area contributed by atoms with Crippen LogP contribution in [0.2, 0.25) is 0 Å². The molecule has 0 atom stereocenters. The van der Waals surface area contributed by atoms with Crippen molar-refractivity contribution in [2.45, 2.75) is 51.4 Å². The lowest BCUT2D eigenvalue weighted by Gasteiger charge is -2.28. The molecule has 0 aromatic heterocycles. The summed E-state index contributed by atoms with van der Waals surface area (Å²) in [6.45, 7) is 5.98. The largest absolute Gasteiger partial charge is 0.205 e. The van der Waals surface area contributed by atoms with Crippen LogP contribution in [-0.4, -0.2) is 0 Å². The van der Waals surface area contributed by atoms with Crippen molar-refractivity contribution in [1.29, 1.82) is 0 Å². The maximum atomic E-state index is 14.9. The van der Waals surface area contributed by atoms with Crippen LogP contribution in [0.5, 0.6) is 0 Å². The highest BCUT2D eigenvalue weighted by molar-refractivity contribution is 5.85. The first-order valence-electron chi connectivity index (χ1n) is 11.1. The Bertz CT molecular complexity index is 1090. The number of fused-ring (bicyclic) bond motifs is 1. The lowest BCUT2D eigenvalue weighted by Crippen LogP contribution is -2.12. The van der Waals surface area contributed by atoms with Crippen molar-refractivity contribution in [3.05, 3.63) is 95.3 Å². The quantitative estimate of drug-likeness (QED) is 0.312. The summed E-state index contributed by atoms with van der Waals surface area (Å²) in [6.07, 6.45) is 9.24. The Hall–Kier alpha value is -2.85. The van der Waals surface area contributed by atoms with E-state index in [1.54, 1.807) is 6.07 Å². The monoisotopic (exact) mass is 396 g/mol. The lowest BCUT2D eigenvalue weighted by atomic mass is 9.77. The first-order valence-corrected chi connectivity index (χ1v) is 11.1. The highest BCUT2D eigenvalue weighted by Crippen LogP contribution is 2.37. The maximum absolute atomic E-state index is 14.9. The Labute approximate surface area is 179 Å². The Morgan fingerprint density at radius 3 is 2.43 bits per heavy atom. The molecule has 0 saturated heterocycles. The van der Waals surface area contributed by atoms with Gasteiger partial charge in [0.2, 0.25) is 0 Å². The van der Waals surface area contributed by atoms with Crippen LogP contribution in [0, 0.1) is 23.6 Å². The van der Waals surface area contributed by atoms with Crippen molar-refractivity contribution in [3.8, 4) is 11.8 Å². The van der Waals surface area contributed by atoms with E-state index in [9.17, 15) is 4.39 Å². The van der Waals surface area contributed by atoms with E-state index in [0.29, 0.717) is 16.9 Å². The molecule has 0 unspecified atom stereocenters. The fourth-order valence-electron chi connectivity index (χ4n) is 4.60. The fourth-order valence-corrected chi connectivity index (χ4v) is 4.60. The summed E-state index contributed by atoms with van der Waals surface area (Å²) in [5.74, 6) is 7.42. The number of halogens is 1. The van der Waals surface area contributed by atoms with E-state index in [1.807, 2.05) is 18.2 Å². The minimum Gasteiger partial charge on any atom is -0.205 e. The molecular weight excluding hydrogens is 367 g/mol. The molecule has 30 heavy (non-hydrogen) atoms. The molecule has 3 aromatic carbocycles. The molecule has 0 bridgehead atoms. The number of benzene rings is 3. The highest BCUT2D eigenvalue weighted by atomic mass is 19.1. The number of aryl methyl sites for hydroxylation is 1. The predicted octanol–water partition coefficient (Wildman–Crippen LogP) is 7.79. The van der Waals surface area contributed by atoms with Gasteiger partial charge < -0.3 is 0 Å². The summed E-state index contributed by atoms with van der Waals surface area (Å²) in [5, 5.41) is 1.57. The molecule has 0 heterocycles. The van der Waals surface area contributed by atoms with Crippen LogP contribution in [-0.2, 0) is 6.42 Å². The zero-order chi connectivity index (χ0) is 20.9. The summed E-state index contributed by atoms with van der Waals surface area (Å²) in [6, 6.07) is 18.2. The third-order valence-electron chi connectivity index (χ3n) is 6.50. The van der Waals surface area contributed by atoms with E-state index in [-0.39, 0.29) is 5.82 Å². The van der Waals surface area contributed by atoms with Crippen molar-refractivity contribution >= 4 is 10.8 Å². The predicted molar refractivity (Wildman–Crippen MR) is 125 cm³/mol. The van der Waals surface area contributed by atoms with Gasteiger partial charge in [0, 0.05) is 10.9 Å². The van der Waals surface area contributed by atoms with Crippen LogP contribution < -0.4 is 0 Å². The van der Waals surface area contributed by atoms with Gasteiger partial charge in [-0.1, -0.05) is 61.2 Å². The normalized spacial score (nSPS) is 18.6. The average molecular weight is 397 g/mol. The van der Waals surface area contributed by atoms with E-state index in [1.165, 1.54) is 36.8 Å². The molecule has 1 aliphatic rings. The summed E-state index contributed by atoms with van der Waals surface area (Å²) in [4.78, 5) is 0. The standard InChI is InChI=1S/C29H29F/c1-3-5-22-6-12-24(13-7-22)25-14-8-23(9-15-25)10-16-26-17-18-27-20-21(4-2)11-19-28(27)29(26)30/h3,8-9,11,14-15,17-20,22,24H,1,4-7,12-13H2,2H3. The van der Waals surface area contributed by atoms with Gasteiger partial charge in [-0.2, -0.15) is 0 Å². The van der Waals surface area contributed by atoms with Crippen LogP contribution >= 0.6 is 0 Å². The van der Waals surface area contributed by atoms with E-state index < -0.39 is 0 Å². The maximum Gasteiger partial charge on any atom is 0.146 e. The molecule has 152 valence electrons. The van der Waals surface area contributed by atoms with Gasteiger partial charge in [-0.25, -0.2) is 4.39 Å². The lowest BCUT2D eigenvalue weighted by molar-refractivity contribution is 0.328. The Morgan fingerprint density at radius 2 is 1.73 bits per heavy atom. The summed E-state index contributed by atoms with van der Waals surface area (Å²) < 4.78 is 14.9. The summed E-state index contributed by atoms with van der Waals surface area (Å²) in [7, 11) is 0. The molecule has 0 aliphatic heterocycles. The Balaban J connectivity index is 1.48. The van der Waals surface area contributed by atoms with Gasteiger partial charge in [0.15, 0.2) is 0 Å². The van der Waals surface area contributed by atoms with E-state index in [2.05, 4.69) is 61.8 Å². The Kier molecular flexibility index (Phi) is 6.34. The van der Waals surface area contributed by atoms with Crippen molar-refractivity contribution < 1.29 is 4.39 Å². The SMILES string of the molecule is C=CCC1CCC(c2ccc(C#Cc3ccc4cc(CC)ccc4c3F)cc2)CC1. The molecule has 1 heteroatoms. The zero-order valence-electron chi connectivity index (χ0n) is 17.8. The summed E-state index contributed by atoms with van der Waals surface area (Å²) >= 11 is 0. The molecule has 0 spiro atoms.